The molecule has 108 valence electrons. The summed E-state index contributed by atoms with van der Waals surface area (Å²) in [5, 5.41) is 10.7. The standard InChI is InChI=1S/C10H15ClN2O4S2/c1-4-5-10(2,3)12-19(16,17)8-6-7(13(14)15)9(11)18-8/h6,12H,4-5H2,1-3H3. The summed E-state index contributed by atoms with van der Waals surface area (Å²) >= 11 is 6.34. The molecule has 0 spiro atoms. The van der Waals surface area contributed by atoms with E-state index in [0.29, 0.717) is 17.8 Å². The zero-order valence-electron chi connectivity index (χ0n) is 10.8. The van der Waals surface area contributed by atoms with Gasteiger partial charge in [0.05, 0.1) is 4.92 Å². The van der Waals surface area contributed by atoms with Gasteiger partial charge in [-0.3, -0.25) is 10.1 Å². The van der Waals surface area contributed by atoms with E-state index in [1.807, 2.05) is 6.92 Å². The van der Waals surface area contributed by atoms with Gasteiger partial charge in [0.25, 0.3) is 15.7 Å². The third-order valence-electron chi connectivity index (χ3n) is 2.39. The topological polar surface area (TPSA) is 89.3 Å². The van der Waals surface area contributed by atoms with Crippen LogP contribution in [0.5, 0.6) is 0 Å². The first-order valence-electron chi connectivity index (χ1n) is 5.57. The van der Waals surface area contributed by atoms with Crippen LogP contribution in [-0.4, -0.2) is 18.9 Å². The second kappa shape index (κ2) is 5.74. The molecule has 0 aliphatic heterocycles. The Hall–Kier alpha value is -0.700. The van der Waals surface area contributed by atoms with E-state index >= 15 is 0 Å². The first kappa shape index (κ1) is 16.4. The fourth-order valence-electron chi connectivity index (χ4n) is 1.69. The summed E-state index contributed by atoms with van der Waals surface area (Å²) in [6.07, 6.45) is 1.48. The van der Waals surface area contributed by atoms with Crippen LogP contribution in [0, 0.1) is 10.1 Å². The van der Waals surface area contributed by atoms with E-state index in [4.69, 9.17) is 11.6 Å². The van der Waals surface area contributed by atoms with E-state index in [0.717, 1.165) is 12.5 Å². The quantitative estimate of drug-likeness (QED) is 0.642. The monoisotopic (exact) mass is 326 g/mol. The van der Waals surface area contributed by atoms with Gasteiger partial charge < -0.3 is 0 Å². The summed E-state index contributed by atoms with van der Waals surface area (Å²) in [5.41, 5.74) is -1.00. The van der Waals surface area contributed by atoms with E-state index in [-0.39, 0.29) is 14.2 Å². The maximum absolute atomic E-state index is 12.1. The maximum atomic E-state index is 12.1. The molecule has 0 unspecified atom stereocenters. The molecular weight excluding hydrogens is 312 g/mol. The van der Waals surface area contributed by atoms with Crippen LogP contribution >= 0.6 is 22.9 Å². The lowest BCUT2D eigenvalue weighted by molar-refractivity contribution is -0.384. The molecule has 19 heavy (non-hydrogen) atoms. The van der Waals surface area contributed by atoms with Crippen LogP contribution in [0.15, 0.2) is 10.3 Å². The Bertz CT molecular complexity index is 580. The predicted molar refractivity (Wildman–Crippen MR) is 75.3 cm³/mol. The molecule has 9 heteroatoms. The summed E-state index contributed by atoms with van der Waals surface area (Å²) < 4.78 is 26.5. The van der Waals surface area contributed by atoms with Crippen LogP contribution < -0.4 is 4.72 Å². The van der Waals surface area contributed by atoms with Crippen molar-refractivity contribution in [2.45, 2.75) is 43.4 Å². The van der Waals surface area contributed by atoms with Crippen LogP contribution in [-0.2, 0) is 10.0 Å². The highest BCUT2D eigenvalue weighted by molar-refractivity contribution is 7.91. The van der Waals surface area contributed by atoms with Crippen molar-refractivity contribution in [2.75, 3.05) is 0 Å². The molecular formula is C10H15ClN2O4S2. The van der Waals surface area contributed by atoms with E-state index in [2.05, 4.69) is 4.72 Å². The Morgan fingerprint density at radius 3 is 2.53 bits per heavy atom. The highest BCUT2D eigenvalue weighted by Gasteiger charge is 2.30. The van der Waals surface area contributed by atoms with E-state index in [1.54, 1.807) is 13.8 Å². The van der Waals surface area contributed by atoms with Crippen LogP contribution in [0.3, 0.4) is 0 Å². The van der Waals surface area contributed by atoms with Crippen molar-refractivity contribution in [3.05, 3.63) is 20.5 Å². The van der Waals surface area contributed by atoms with Gasteiger partial charge in [-0.15, -0.1) is 11.3 Å². The van der Waals surface area contributed by atoms with E-state index < -0.39 is 20.5 Å². The summed E-state index contributed by atoms with van der Waals surface area (Å²) in [4.78, 5) is 9.96. The van der Waals surface area contributed by atoms with Gasteiger partial charge in [-0.2, -0.15) is 0 Å². The Morgan fingerprint density at radius 1 is 1.53 bits per heavy atom. The zero-order chi connectivity index (χ0) is 14.8. The zero-order valence-corrected chi connectivity index (χ0v) is 13.2. The third kappa shape index (κ3) is 4.13. The fraction of sp³-hybridized carbons (Fsp3) is 0.600. The lowest BCUT2D eigenvalue weighted by Crippen LogP contribution is -2.42. The Balaban J connectivity index is 3.08. The molecule has 6 nitrogen and oxygen atoms in total. The van der Waals surface area contributed by atoms with Crippen molar-refractivity contribution in [3.63, 3.8) is 0 Å². The largest absolute Gasteiger partial charge is 0.300 e. The molecule has 0 bridgehead atoms. The van der Waals surface area contributed by atoms with Crippen molar-refractivity contribution in [1.82, 2.24) is 4.72 Å². The SMILES string of the molecule is CCCC(C)(C)NS(=O)(=O)c1cc([N+](=O)[O-])c(Cl)s1. The summed E-state index contributed by atoms with van der Waals surface area (Å²) in [7, 11) is -3.80. The van der Waals surface area contributed by atoms with Gasteiger partial charge in [0, 0.05) is 11.6 Å². The van der Waals surface area contributed by atoms with Crippen LogP contribution in [0.4, 0.5) is 5.69 Å². The van der Waals surface area contributed by atoms with Gasteiger partial charge in [0.15, 0.2) is 4.34 Å². The number of hydrogen-bond donors (Lipinski definition) is 1. The number of nitro groups is 1. The predicted octanol–water partition coefficient (Wildman–Crippen LogP) is 3.17. The van der Waals surface area contributed by atoms with Gasteiger partial charge >= 0.3 is 0 Å². The van der Waals surface area contributed by atoms with Crippen LogP contribution in [0.1, 0.15) is 33.6 Å². The molecule has 0 saturated carbocycles. The van der Waals surface area contributed by atoms with E-state index in [1.165, 1.54) is 0 Å². The molecule has 0 fully saturated rings. The molecule has 0 aliphatic carbocycles. The number of nitrogens with zero attached hydrogens (tertiary/aromatic N) is 1. The van der Waals surface area contributed by atoms with Crippen LogP contribution in [0.25, 0.3) is 0 Å². The molecule has 0 amide bonds. The molecule has 1 rings (SSSR count). The normalized spacial score (nSPS) is 12.6. The summed E-state index contributed by atoms with van der Waals surface area (Å²) in [6, 6.07) is 0.983. The van der Waals surface area contributed by atoms with Gasteiger partial charge in [-0.25, -0.2) is 13.1 Å². The Morgan fingerprint density at radius 2 is 2.11 bits per heavy atom. The number of hydrogen-bond acceptors (Lipinski definition) is 5. The molecule has 0 aromatic carbocycles. The molecule has 1 heterocycles. The van der Waals surface area contributed by atoms with Crippen molar-refractivity contribution in [3.8, 4) is 0 Å². The maximum Gasteiger partial charge on any atom is 0.300 e. The second-order valence-corrected chi connectivity index (χ2v) is 8.28. The lowest BCUT2D eigenvalue weighted by atomic mass is 10.0. The minimum atomic E-state index is -3.80. The smallest absolute Gasteiger partial charge is 0.258 e. The Labute approximate surface area is 121 Å². The fourth-order valence-corrected chi connectivity index (χ4v) is 4.79. The molecule has 0 radical (unpaired) electrons. The second-order valence-electron chi connectivity index (χ2n) is 4.72. The number of rotatable bonds is 6. The van der Waals surface area contributed by atoms with E-state index in [9.17, 15) is 18.5 Å². The highest BCUT2D eigenvalue weighted by atomic mass is 35.5. The summed E-state index contributed by atoms with van der Waals surface area (Å²) in [5.74, 6) is 0. The molecule has 1 aromatic heterocycles. The minimum absolute atomic E-state index is 0.140. The molecule has 0 atom stereocenters. The number of thiophene rings is 1. The van der Waals surface area contributed by atoms with Gasteiger partial charge in [0.2, 0.25) is 0 Å². The van der Waals surface area contributed by atoms with Gasteiger partial charge in [-0.1, -0.05) is 24.9 Å². The summed E-state index contributed by atoms with van der Waals surface area (Å²) in [6.45, 7) is 5.47. The third-order valence-corrected chi connectivity index (χ3v) is 5.90. The van der Waals surface area contributed by atoms with Crippen molar-refractivity contribution in [2.24, 2.45) is 0 Å². The van der Waals surface area contributed by atoms with Crippen LogP contribution in [0.2, 0.25) is 4.34 Å². The van der Waals surface area contributed by atoms with Gasteiger partial charge in [0.1, 0.15) is 4.21 Å². The first-order valence-corrected chi connectivity index (χ1v) is 8.24. The average Bonchev–Trinajstić information content (AvgIpc) is 2.58. The van der Waals surface area contributed by atoms with Gasteiger partial charge in [-0.05, 0) is 20.3 Å². The first-order chi connectivity index (χ1) is 8.59. The molecule has 0 aliphatic rings. The highest BCUT2D eigenvalue weighted by Crippen LogP contribution is 2.36. The number of halogens is 1. The molecule has 1 N–H and O–H groups in total. The number of sulfonamides is 1. The van der Waals surface area contributed by atoms with Crippen molar-refractivity contribution < 1.29 is 13.3 Å². The number of nitrogens with one attached hydrogen (secondary N) is 1. The van der Waals surface area contributed by atoms with Crippen molar-refractivity contribution >= 4 is 38.6 Å². The average molecular weight is 327 g/mol. The lowest BCUT2D eigenvalue weighted by Gasteiger charge is -2.24. The Kier molecular flexibility index (Phi) is 4.94. The van der Waals surface area contributed by atoms with Crippen molar-refractivity contribution in [1.29, 1.82) is 0 Å². The minimum Gasteiger partial charge on any atom is -0.258 e. The molecule has 0 saturated heterocycles. The molecule has 1 aromatic rings.